The van der Waals surface area contributed by atoms with Crippen molar-refractivity contribution < 1.29 is 4.79 Å². The molecule has 5 heteroatoms. The van der Waals surface area contributed by atoms with Crippen LogP contribution in [0.15, 0.2) is 35.2 Å². The largest absolute Gasteiger partial charge is 0.338 e. The zero-order valence-electron chi connectivity index (χ0n) is 15.7. The number of nitrogens with zero attached hydrogens (tertiary/aromatic N) is 1. The van der Waals surface area contributed by atoms with Crippen LogP contribution in [0.3, 0.4) is 0 Å². The van der Waals surface area contributed by atoms with Crippen molar-refractivity contribution in [1.29, 1.82) is 0 Å². The summed E-state index contributed by atoms with van der Waals surface area (Å²) in [5.74, 6) is 2.53. The van der Waals surface area contributed by atoms with Crippen LogP contribution in [0.1, 0.15) is 33.1 Å². The minimum Gasteiger partial charge on any atom is -0.338 e. The van der Waals surface area contributed by atoms with Gasteiger partial charge in [-0.1, -0.05) is 32.0 Å². The van der Waals surface area contributed by atoms with E-state index in [1.54, 1.807) is 11.8 Å². The number of unbranched alkanes of at least 4 members (excludes halogenated alkanes) is 1. The van der Waals surface area contributed by atoms with Gasteiger partial charge in [-0.2, -0.15) is 0 Å². The van der Waals surface area contributed by atoms with Crippen LogP contribution in [0.25, 0.3) is 0 Å². The molecule has 0 saturated carbocycles. The fraction of sp³-hybridized carbons (Fsp3) is 0.650. The van der Waals surface area contributed by atoms with Crippen molar-refractivity contribution in [3.8, 4) is 0 Å². The Morgan fingerprint density at radius 2 is 1.76 bits per heavy atom. The summed E-state index contributed by atoms with van der Waals surface area (Å²) in [5.41, 5.74) is 0. The van der Waals surface area contributed by atoms with Gasteiger partial charge >= 0.3 is 6.03 Å². The Morgan fingerprint density at radius 1 is 1.08 bits per heavy atom. The van der Waals surface area contributed by atoms with Crippen molar-refractivity contribution in [3.05, 3.63) is 30.3 Å². The lowest BCUT2D eigenvalue weighted by Gasteiger charge is -2.34. The summed E-state index contributed by atoms with van der Waals surface area (Å²) in [6.07, 6.45) is 3.57. The highest BCUT2D eigenvalue weighted by molar-refractivity contribution is 7.99. The number of thioether (sulfide) groups is 1. The van der Waals surface area contributed by atoms with Gasteiger partial charge in [0.25, 0.3) is 0 Å². The molecule has 0 bridgehead atoms. The van der Waals surface area contributed by atoms with E-state index < -0.39 is 0 Å². The molecule has 2 N–H and O–H groups in total. The molecule has 1 aliphatic rings. The molecule has 0 aliphatic carbocycles. The van der Waals surface area contributed by atoms with Crippen molar-refractivity contribution >= 4 is 17.8 Å². The van der Waals surface area contributed by atoms with Gasteiger partial charge in [0.15, 0.2) is 0 Å². The minimum atomic E-state index is -0.0473. The molecule has 0 radical (unpaired) electrons. The molecule has 1 aromatic carbocycles. The number of hydrogen-bond acceptors (Lipinski definition) is 3. The molecule has 25 heavy (non-hydrogen) atoms. The third-order valence-corrected chi connectivity index (χ3v) is 5.54. The maximum absolute atomic E-state index is 11.8. The highest BCUT2D eigenvalue weighted by Gasteiger charge is 2.20. The summed E-state index contributed by atoms with van der Waals surface area (Å²) >= 11 is 1.76. The number of carbonyl (C=O) groups is 1. The smallest absolute Gasteiger partial charge is 0.314 e. The summed E-state index contributed by atoms with van der Waals surface area (Å²) in [4.78, 5) is 15.6. The number of benzene rings is 1. The molecule has 2 amide bonds. The third kappa shape index (κ3) is 8.63. The van der Waals surface area contributed by atoms with Gasteiger partial charge in [0.2, 0.25) is 0 Å². The first-order valence-corrected chi connectivity index (χ1v) is 10.5. The first kappa shape index (κ1) is 20.1. The highest BCUT2D eigenvalue weighted by atomic mass is 32.2. The second-order valence-electron chi connectivity index (χ2n) is 7.26. The van der Waals surface area contributed by atoms with E-state index in [0.29, 0.717) is 6.54 Å². The predicted molar refractivity (Wildman–Crippen MR) is 107 cm³/mol. The number of hydrogen-bond donors (Lipinski definition) is 2. The summed E-state index contributed by atoms with van der Waals surface area (Å²) in [6.45, 7) is 9.78. The van der Waals surface area contributed by atoms with Crippen LogP contribution >= 0.6 is 11.8 Å². The molecule has 1 aliphatic heterocycles. The summed E-state index contributed by atoms with van der Waals surface area (Å²) in [6, 6.07) is 10.2. The number of urea groups is 1. The maximum atomic E-state index is 11.8. The Morgan fingerprint density at radius 3 is 2.48 bits per heavy atom. The van der Waals surface area contributed by atoms with Gasteiger partial charge in [-0.05, 0) is 49.8 Å². The molecule has 1 aromatic rings. The number of carbonyl (C=O) groups excluding carboxylic acids is 1. The van der Waals surface area contributed by atoms with E-state index in [4.69, 9.17) is 0 Å². The van der Waals surface area contributed by atoms with Gasteiger partial charge in [0.1, 0.15) is 0 Å². The van der Waals surface area contributed by atoms with Crippen LogP contribution < -0.4 is 10.6 Å². The maximum Gasteiger partial charge on any atom is 0.314 e. The molecule has 0 unspecified atom stereocenters. The zero-order valence-corrected chi connectivity index (χ0v) is 16.5. The van der Waals surface area contributed by atoms with Crippen LogP contribution in [-0.4, -0.2) is 49.4 Å². The van der Waals surface area contributed by atoms with E-state index in [1.807, 2.05) is 18.2 Å². The van der Waals surface area contributed by atoms with Crippen LogP contribution in [-0.2, 0) is 0 Å². The standard InChI is InChI=1S/C20H33N3OS/c1-17-14-18(2)16-23(15-17)12-7-6-10-21-20(24)22-11-13-25-19-8-4-3-5-9-19/h3-5,8-9,17-18H,6-7,10-16H2,1-2H3,(H2,21,22,24)/t17-,18-/m0/s1. The van der Waals surface area contributed by atoms with Gasteiger partial charge in [-0.25, -0.2) is 4.79 Å². The average molecular weight is 364 g/mol. The van der Waals surface area contributed by atoms with Crippen molar-refractivity contribution in [2.45, 2.75) is 38.0 Å². The lowest BCUT2D eigenvalue weighted by atomic mass is 9.92. The predicted octanol–water partition coefficient (Wildman–Crippen LogP) is 3.84. The minimum absolute atomic E-state index is 0.0473. The number of amides is 2. The fourth-order valence-corrected chi connectivity index (χ4v) is 4.34. The van der Waals surface area contributed by atoms with Gasteiger partial charge < -0.3 is 15.5 Å². The second kappa shape index (κ2) is 11.4. The fourth-order valence-electron chi connectivity index (χ4n) is 3.55. The molecule has 1 saturated heterocycles. The third-order valence-electron chi connectivity index (χ3n) is 4.53. The Labute approximate surface area is 157 Å². The van der Waals surface area contributed by atoms with E-state index in [0.717, 1.165) is 43.5 Å². The molecule has 0 aromatic heterocycles. The molecular weight excluding hydrogens is 330 g/mol. The Balaban J connectivity index is 1.44. The monoisotopic (exact) mass is 363 g/mol. The zero-order chi connectivity index (χ0) is 17.9. The molecule has 0 spiro atoms. The topological polar surface area (TPSA) is 44.4 Å². The Bertz CT molecular complexity index is 487. The van der Waals surface area contributed by atoms with Crippen LogP contribution in [0.2, 0.25) is 0 Å². The summed E-state index contributed by atoms with van der Waals surface area (Å²) < 4.78 is 0. The Kier molecular flexibility index (Phi) is 9.19. The molecule has 4 nitrogen and oxygen atoms in total. The first-order valence-electron chi connectivity index (χ1n) is 9.55. The number of piperidine rings is 1. The normalized spacial score (nSPS) is 21.0. The average Bonchev–Trinajstić information content (AvgIpc) is 2.58. The van der Waals surface area contributed by atoms with Gasteiger partial charge in [0.05, 0.1) is 0 Å². The van der Waals surface area contributed by atoms with Crippen LogP contribution in [0.5, 0.6) is 0 Å². The molecular formula is C20H33N3OS. The lowest BCUT2D eigenvalue weighted by Crippen LogP contribution is -2.40. The van der Waals surface area contributed by atoms with Gasteiger partial charge in [0, 0.05) is 36.8 Å². The second-order valence-corrected chi connectivity index (χ2v) is 8.43. The Hall–Kier alpha value is -1.20. The van der Waals surface area contributed by atoms with E-state index >= 15 is 0 Å². The first-order chi connectivity index (χ1) is 12.1. The molecule has 2 atom stereocenters. The number of nitrogens with one attached hydrogen (secondary N) is 2. The molecule has 1 fully saturated rings. The van der Waals surface area contributed by atoms with E-state index in [9.17, 15) is 4.79 Å². The highest BCUT2D eigenvalue weighted by Crippen LogP contribution is 2.21. The molecule has 2 rings (SSSR count). The van der Waals surface area contributed by atoms with E-state index in [-0.39, 0.29) is 6.03 Å². The van der Waals surface area contributed by atoms with Gasteiger partial charge in [-0.15, -0.1) is 11.8 Å². The summed E-state index contributed by atoms with van der Waals surface area (Å²) in [5, 5.41) is 5.88. The van der Waals surface area contributed by atoms with E-state index in [2.05, 4.69) is 41.5 Å². The summed E-state index contributed by atoms with van der Waals surface area (Å²) in [7, 11) is 0. The lowest BCUT2D eigenvalue weighted by molar-refractivity contribution is 0.139. The van der Waals surface area contributed by atoms with Crippen LogP contribution in [0, 0.1) is 11.8 Å². The van der Waals surface area contributed by atoms with Crippen LogP contribution in [0.4, 0.5) is 4.79 Å². The number of rotatable bonds is 9. The quantitative estimate of drug-likeness (QED) is 0.518. The number of likely N-dealkylation sites (tertiary alicyclic amines) is 1. The van der Waals surface area contributed by atoms with Gasteiger partial charge in [-0.3, -0.25) is 0 Å². The van der Waals surface area contributed by atoms with Crippen molar-refractivity contribution in [2.24, 2.45) is 11.8 Å². The van der Waals surface area contributed by atoms with E-state index in [1.165, 1.54) is 24.4 Å². The molecule has 1 heterocycles. The SMILES string of the molecule is C[C@H]1C[C@H](C)CN(CCCCNC(=O)NCCSc2ccccc2)C1. The van der Waals surface area contributed by atoms with Crippen molar-refractivity contribution in [1.82, 2.24) is 15.5 Å². The van der Waals surface area contributed by atoms with Crippen molar-refractivity contribution in [3.63, 3.8) is 0 Å². The van der Waals surface area contributed by atoms with Crippen molar-refractivity contribution in [2.75, 3.05) is 38.5 Å². The molecule has 140 valence electrons.